The fraction of sp³-hybridized carbons (Fsp3) is 0.190. The number of carbonyl (C=O) groups is 1. The van der Waals surface area contributed by atoms with Gasteiger partial charge in [0.05, 0.1) is 34.9 Å². The van der Waals surface area contributed by atoms with Crippen LogP contribution in [0.1, 0.15) is 12.5 Å². The topological polar surface area (TPSA) is 73.2 Å². The second kappa shape index (κ2) is 9.22. The second-order valence-corrected chi connectivity index (χ2v) is 6.85. The zero-order valence-corrected chi connectivity index (χ0v) is 17.0. The van der Waals surface area contributed by atoms with Crippen molar-refractivity contribution in [3.05, 3.63) is 75.8 Å². The molecule has 0 fully saturated rings. The summed E-state index contributed by atoms with van der Waals surface area (Å²) < 4.78 is 45.0. The lowest BCUT2D eigenvalue weighted by molar-refractivity contribution is -0.137. The first-order valence-electron chi connectivity index (χ1n) is 9.13. The van der Waals surface area contributed by atoms with Gasteiger partial charge >= 0.3 is 6.18 Å². The van der Waals surface area contributed by atoms with Crippen LogP contribution in [0.4, 0.5) is 18.9 Å². The molecule has 1 heterocycles. The van der Waals surface area contributed by atoms with E-state index in [2.05, 4.69) is 10.3 Å². The highest BCUT2D eigenvalue weighted by Gasteiger charge is 2.31. The molecular weight excluding hydrogens is 435 g/mol. The molecule has 0 unspecified atom stereocenters. The number of hydrogen-bond acceptors (Lipinski definition) is 4. The highest BCUT2D eigenvalue weighted by atomic mass is 35.5. The smallest absolute Gasteiger partial charge is 0.416 e. The van der Waals surface area contributed by atoms with Crippen molar-refractivity contribution in [1.82, 2.24) is 9.55 Å². The van der Waals surface area contributed by atoms with Gasteiger partial charge in [-0.05, 0) is 49.4 Å². The summed E-state index contributed by atoms with van der Waals surface area (Å²) in [6, 6.07) is 10.8. The van der Waals surface area contributed by atoms with Crippen LogP contribution in [0.25, 0.3) is 11.3 Å². The van der Waals surface area contributed by atoms with Crippen LogP contribution in [-0.4, -0.2) is 22.1 Å². The Morgan fingerprint density at radius 2 is 1.87 bits per heavy atom. The standard InChI is InChI=1S/C21H17ClF3N3O3/c1-2-31-15-6-3-13(4-7-15)17-10-20(30)28(12-26-17)11-19(29)27-18-9-14(21(23,24)25)5-8-16(18)22/h3-10,12H,2,11H2,1H3,(H,27,29). The van der Waals surface area contributed by atoms with Crippen LogP contribution in [0.2, 0.25) is 5.02 Å². The van der Waals surface area contributed by atoms with E-state index in [1.165, 1.54) is 12.4 Å². The van der Waals surface area contributed by atoms with Gasteiger partial charge in [0, 0.05) is 11.6 Å². The average Bonchev–Trinajstić information content (AvgIpc) is 2.71. The van der Waals surface area contributed by atoms with Crippen LogP contribution in [0, 0.1) is 0 Å². The molecule has 0 spiro atoms. The molecule has 0 radical (unpaired) electrons. The molecule has 3 rings (SSSR count). The molecule has 1 amide bonds. The fourth-order valence-corrected chi connectivity index (χ4v) is 2.90. The Kier molecular flexibility index (Phi) is 6.65. The zero-order chi connectivity index (χ0) is 22.6. The number of anilines is 1. The zero-order valence-electron chi connectivity index (χ0n) is 16.2. The van der Waals surface area contributed by atoms with Crippen LogP contribution < -0.4 is 15.6 Å². The van der Waals surface area contributed by atoms with Gasteiger partial charge in [-0.25, -0.2) is 4.98 Å². The number of ether oxygens (including phenoxy) is 1. The molecule has 1 aromatic heterocycles. The van der Waals surface area contributed by atoms with Gasteiger partial charge in [0.1, 0.15) is 12.3 Å². The van der Waals surface area contributed by atoms with E-state index in [0.29, 0.717) is 23.6 Å². The molecule has 0 aliphatic rings. The predicted octanol–water partition coefficient (Wildman–Crippen LogP) is 4.62. The maximum Gasteiger partial charge on any atom is 0.416 e. The minimum absolute atomic E-state index is 0.0577. The highest BCUT2D eigenvalue weighted by Crippen LogP contribution is 2.33. The van der Waals surface area contributed by atoms with Crippen LogP contribution in [0.15, 0.2) is 59.7 Å². The van der Waals surface area contributed by atoms with Gasteiger partial charge in [0.2, 0.25) is 5.91 Å². The molecule has 6 nitrogen and oxygen atoms in total. The first kappa shape index (κ1) is 22.4. The molecule has 0 bridgehead atoms. The van der Waals surface area contributed by atoms with Gasteiger partial charge in [-0.2, -0.15) is 13.2 Å². The first-order valence-corrected chi connectivity index (χ1v) is 9.51. The molecule has 162 valence electrons. The summed E-state index contributed by atoms with van der Waals surface area (Å²) >= 11 is 5.87. The van der Waals surface area contributed by atoms with E-state index in [0.717, 1.165) is 22.8 Å². The van der Waals surface area contributed by atoms with Crippen molar-refractivity contribution in [3.63, 3.8) is 0 Å². The number of aromatic nitrogens is 2. The number of nitrogens with one attached hydrogen (secondary N) is 1. The quantitative estimate of drug-likeness (QED) is 0.593. The van der Waals surface area contributed by atoms with Gasteiger partial charge < -0.3 is 10.1 Å². The highest BCUT2D eigenvalue weighted by molar-refractivity contribution is 6.33. The molecule has 1 N–H and O–H groups in total. The summed E-state index contributed by atoms with van der Waals surface area (Å²) in [5.74, 6) is -0.0385. The lowest BCUT2D eigenvalue weighted by atomic mass is 10.1. The lowest BCUT2D eigenvalue weighted by Gasteiger charge is -2.12. The number of amides is 1. The van der Waals surface area contributed by atoms with E-state index in [1.54, 1.807) is 24.3 Å². The molecule has 0 atom stereocenters. The normalized spacial score (nSPS) is 11.3. The first-order chi connectivity index (χ1) is 14.7. The van der Waals surface area contributed by atoms with Crippen LogP contribution in [0.3, 0.4) is 0 Å². The van der Waals surface area contributed by atoms with E-state index in [1.807, 2.05) is 6.92 Å². The van der Waals surface area contributed by atoms with Crippen molar-refractivity contribution in [2.75, 3.05) is 11.9 Å². The Balaban J connectivity index is 1.73. The monoisotopic (exact) mass is 451 g/mol. The molecule has 0 aliphatic carbocycles. The summed E-state index contributed by atoms with van der Waals surface area (Å²) in [5.41, 5.74) is -0.554. The molecule has 3 aromatic rings. The van der Waals surface area contributed by atoms with Gasteiger partial charge in [0.25, 0.3) is 5.56 Å². The molecular formula is C21H17ClF3N3O3. The number of carbonyl (C=O) groups excluding carboxylic acids is 1. The number of halogens is 4. The van der Waals surface area contributed by atoms with E-state index in [4.69, 9.17) is 16.3 Å². The van der Waals surface area contributed by atoms with E-state index in [9.17, 15) is 22.8 Å². The van der Waals surface area contributed by atoms with E-state index < -0.39 is 29.8 Å². The Labute approximate surface area is 180 Å². The third-order valence-electron chi connectivity index (χ3n) is 4.22. The third kappa shape index (κ3) is 5.64. The minimum Gasteiger partial charge on any atom is -0.494 e. The SMILES string of the molecule is CCOc1ccc(-c2cc(=O)n(CC(=O)Nc3cc(C(F)(F)F)ccc3Cl)cn2)cc1. The Hall–Kier alpha value is -3.33. The molecule has 10 heteroatoms. The molecule has 0 saturated heterocycles. The summed E-state index contributed by atoms with van der Waals surface area (Å²) in [7, 11) is 0. The number of alkyl halides is 3. The summed E-state index contributed by atoms with van der Waals surface area (Å²) in [6.07, 6.45) is -3.39. The lowest BCUT2D eigenvalue weighted by Crippen LogP contribution is -2.27. The number of nitrogens with zero attached hydrogens (tertiary/aromatic N) is 2. The maximum absolute atomic E-state index is 12.9. The minimum atomic E-state index is -4.58. The Morgan fingerprint density at radius 1 is 1.16 bits per heavy atom. The predicted molar refractivity (Wildman–Crippen MR) is 110 cm³/mol. The van der Waals surface area contributed by atoms with Gasteiger partial charge in [0.15, 0.2) is 0 Å². The van der Waals surface area contributed by atoms with Crippen LogP contribution in [0.5, 0.6) is 5.75 Å². The van der Waals surface area contributed by atoms with Crippen LogP contribution >= 0.6 is 11.6 Å². The summed E-state index contributed by atoms with van der Waals surface area (Å²) in [6.45, 7) is 1.95. The summed E-state index contributed by atoms with van der Waals surface area (Å²) in [5, 5.41) is 2.23. The number of benzene rings is 2. The van der Waals surface area contributed by atoms with Crippen LogP contribution in [-0.2, 0) is 17.5 Å². The Bertz CT molecular complexity index is 1150. The largest absolute Gasteiger partial charge is 0.494 e. The van der Waals surface area contributed by atoms with Gasteiger partial charge in [-0.1, -0.05) is 11.6 Å². The average molecular weight is 452 g/mol. The molecule has 0 saturated carbocycles. The molecule has 0 aliphatic heterocycles. The van der Waals surface area contributed by atoms with Gasteiger partial charge in [-0.15, -0.1) is 0 Å². The van der Waals surface area contributed by atoms with Crippen molar-refractivity contribution >= 4 is 23.2 Å². The Morgan fingerprint density at radius 3 is 2.48 bits per heavy atom. The maximum atomic E-state index is 12.9. The van der Waals surface area contributed by atoms with Crippen molar-refractivity contribution in [2.24, 2.45) is 0 Å². The number of rotatable bonds is 6. The van der Waals surface area contributed by atoms with Gasteiger partial charge in [-0.3, -0.25) is 14.2 Å². The van der Waals surface area contributed by atoms with Crippen molar-refractivity contribution in [2.45, 2.75) is 19.6 Å². The van der Waals surface area contributed by atoms with Crippen molar-refractivity contribution in [3.8, 4) is 17.0 Å². The van der Waals surface area contributed by atoms with E-state index in [-0.39, 0.29) is 10.7 Å². The van der Waals surface area contributed by atoms with E-state index >= 15 is 0 Å². The third-order valence-corrected chi connectivity index (χ3v) is 4.55. The molecule has 31 heavy (non-hydrogen) atoms. The van der Waals surface area contributed by atoms with Crippen molar-refractivity contribution < 1.29 is 22.7 Å². The second-order valence-electron chi connectivity index (χ2n) is 6.44. The van der Waals surface area contributed by atoms with Crippen molar-refractivity contribution in [1.29, 1.82) is 0 Å². The summed E-state index contributed by atoms with van der Waals surface area (Å²) in [4.78, 5) is 28.8. The fourth-order valence-electron chi connectivity index (χ4n) is 2.73. The number of hydrogen-bond donors (Lipinski definition) is 1. The molecule has 2 aromatic carbocycles.